The van der Waals surface area contributed by atoms with E-state index >= 15 is 0 Å². The number of nitrogen functional groups attached to an aromatic ring is 1. The molecule has 2 atom stereocenters. The summed E-state index contributed by atoms with van der Waals surface area (Å²) < 4.78 is 6.74. The topological polar surface area (TPSA) is 55.6 Å². The van der Waals surface area contributed by atoms with Crippen molar-refractivity contribution in [3.8, 4) is 0 Å². The van der Waals surface area contributed by atoms with Gasteiger partial charge in [-0.05, 0) is 25.0 Å². The van der Waals surface area contributed by atoms with Gasteiger partial charge in [0.05, 0.1) is 22.9 Å². The van der Waals surface area contributed by atoms with Gasteiger partial charge in [0.15, 0.2) is 0 Å². The Morgan fingerprint density at radius 3 is 2.71 bits per heavy atom. The van der Waals surface area contributed by atoms with Crippen molar-refractivity contribution in [2.75, 3.05) is 18.8 Å². The van der Waals surface area contributed by atoms with Crippen molar-refractivity contribution in [3.05, 3.63) is 28.1 Å². The van der Waals surface area contributed by atoms with E-state index in [0.29, 0.717) is 28.7 Å². The van der Waals surface area contributed by atoms with Crippen LogP contribution < -0.4 is 5.73 Å². The van der Waals surface area contributed by atoms with Crippen LogP contribution in [0.4, 0.5) is 5.69 Å². The highest BCUT2D eigenvalue weighted by Crippen LogP contribution is 2.39. The molecule has 2 aliphatic heterocycles. The van der Waals surface area contributed by atoms with Gasteiger partial charge < -0.3 is 15.4 Å². The van der Waals surface area contributed by atoms with Gasteiger partial charge in [-0.25, -0.2) is 0 Å². The van der Waals surface area contributed by atoms with Gasteiger partial charge in [-0.1, -0.05) is 17.7 Å². The number of amides is 1. The lowest BCUT2D eigenvalue weighted by molar-refractivity contribution is -0.0301. The van der Waals surface area contributed by atoms with Crippen LogP contribution in [-0.2, 0) is 4.74 Å². The quantitative estimate of drug-likeness (QED) is 0.877. The van der Waals surface area contributed by atoms with Crippen LogP contribution in [0, 0.1) is 0 Å². The summed E-state index contributed by atoms with van der Waals surface area (Å²) in [5.41, 5.74) is 6.68. The molecule has 4 rings (SSSR count). The van der Waals surface area contributed by atoms with E-state index in [1.54, 1.807) is 6.07 Å². The average molecular weight is 323 g/mol. The maximum Gasteiger partial charge on any atom is 0.266 e. The fourth-order valence-electron chi connectivity index (χ4n) is 3.21. The predicted molar refractivity (Wildman–Crippen MR) is 85.0 cm³/mol. The highest BCUT2D eigenvalue weighted by Gasteiger charge is 2.37. The minimum atomic E-state index is 0.00460. The molecule has 2 N–H and O–H groups in total. The number of nitrogens with zero attached hydrogens (tertiary/aromatic N) is 1. The highest BCUT2D eigenvalue weighted by molar-refractivity contribution is 7.21. The number of rotatable bonds is 1. The second-order valence-electron chi connectivity index (χ2n) is 5.63. The zero-order valence-electron chi connectivity index (χ0n) is 11.3. The average Bonchev–Trinajstić information content (AvgIpc) is 2.99. The summed E-state index contributed by atoms with van der Waals surface area (Å²) in [4.78, 5) is 15.3. The Balaban J connectivity index is 1.71. The maximum absolute atomic E-state index is 12.8. The van der Waals surface area contributed by atoms with Crippen LogP contribution in [0.25, 0.3) is 10.1 Å². The molecule has 1 amide bonds. The monoisotopic (exact) mass is 322 g/mol. The minimum Gasteiger partial charge on any atom is -0.397 e. The SMILES string of the molecule is Nc1c(C(=O)N2CC3CCC(C2)O3)sc2cccc(Cl)c12. The molecule has 0 saturated carbocycles. The second kappa shape index (κ2) is 4.87. The summed E-state index contributed by atoms with van der Waals surface area (Å²) in [5, 5.41) is 1.39. The highest BCUT2D eigenvalue weighted by atomic mass is 35.5. The minimum absolute atomic E-state index is 0.00460. The number of halogens is 1. The van der Waals surface area contributed by atoms with Crippen LogP contribution in [0.5, 0.6) is 0 Å². The number of thiophene rings is 1. The van der Waals surface area contributed by atoms with Crippen LogP contribution >= 0.6 is 22.9 Å². The molecule has 1 aromatic carbocycles. The smallest absolute Gasteiger partial charge is 0.266 e. The predicted octanol–water partition coefficient (Wildman–Crippen LogP) is 3.14. The Hall–Kier alpha value is -1.30. The largest absolute Gasteiger partial charge is 0.397 e. The number of hydrogen-bond acceptors (Lipinski definition) is 4. The third-order valence-electron chi connectivity index (χ3n) is 4.23. The van der Waals surface area contributed by atoms with E-state index in [-0.39, 0.29) is 18.1 Å². The van der Waals surface area contributed by atoms with E-state index in [0.717, 1.165) is 22.9 Å². The summed E-state index contributed by atoms with van der Waals surface area (Å²) in [6.07, 6.45) is 2.46. The molecule has 110 valence electrons. The number of carbonyl (C=O) groups is 1. The second-order valence-corrected chi connectivity index (χ2v) is 7.08. The molecule has 4 nitrogen and oxygen atoms in total. The normalized spacial score (nSPS) is 24.7. The lowest BCUT2D eigenvalue weighted by Crippen LogP contribution is -2.45. The van der Waals surface area contributed by atoms with Gasteiger partial charge in [0, 0.05) is 23.2 Å². The summed E-state index contributed by atoms with van der Waals surface area (Å²) in [6.45, 7) is 1.33. The first-order valence-electron chi connectivity index (χ1n) is 7.04. The van der Waals surface area contributed by atoms with E-state index in [9.17, 15) is 4.79 Å². The Morgan fingerprint density at radius 1 is 1.33 bits per heavy atom. The van der Waals surface area contributed by atoms with Gasteiger partial charge in [0.25, 0.3) is 5.91 Å². The van der Waals surface area contributed by atoms with Gasteiger partial charge in [-0.3, -0.25) is 4.79 Å². The van der Waals surface area contributed by atoms with Crippen LogP contribution in [0.3, 0.4) is 0 Å². The lowest BCUT2D eigenvalue weighted by Gasteiger charge is -2.31. The number of ether oxygens (including phenoxy) is 1. The van der Waals surface area contributed by atoms with E-state index in [4.69, 9.17) is 22.1 Å². The number of anilines is 1. The maximum atomic E-state index is 12.8. The molecule has 2 bridgehead atoms. The Labute approximate surface area is 131 Å². The molecule has 6 heteroatoms. The summed E-state index contributed by atoms with van der Waals surface area (Å²) in [6, 6.07) is 5.63. The molecule has 2 saturated heterocycles. The number of hydrogen-bond donors (Lipinski definition) is 1. The molecular weight excluding hydrogens is 308 g/mol. The number of fused-ring (bicyclic) bond motifs is 3. The van der Waals surface area contributed by atoms with Crippen molar-refractivity contribution >= 4 is 44.6 Å². The van der Waals surface area contributed by atoms with Crippen molar-refractivity contribution in [1.82, 2.24) is 4.90 Å². The number of carbonyl (C=O) groups excluding carboxylic acids is 1. The molecular formula is C15H15ClN2O2S. The van der Waals surface area contributed by atoms with E-state index < -0.39 is 0 Å². The molecule has 0 spiro atoms. The molecule has 2 aromatic rings. The molecule has 0 radical (unpaired) electrons. The summed E-state index contributed by atoms with van der Waals surface area (Å²) in [5.74, 6) is 0.00460. The number of nitrogens with two attached hydrogens (primary N) is 1. The fourth-order valence-corrected chi connectivity index (χ4v) is 4.66. The van der Waals surface area contributed by atoms with Gasteiger partial charge >= 0.3 is 0 Å². The molecule has 1 aromatic heterocycles. The lowest BCUT2D eigenvalue weighted by atomic mass is 10.2. The Kier molecular flexibility index (Phi) is 3.10. The first kappa shape index (κ1) is 13.4. The van der Waals surface area contributed by atoms with Gasteiger partial charge in [-0.15, -0.1) is 11.3 Å². The number of benzene rings is 1. The molecule has 21 heavy (non-hydrogen) atoms. The standard InChI is InChI=1S/C15H15ClN2O2S/c16-10-2-1-3-11-12(10)13(17)14(21-11)15(19)18-6-8-4-5-9(7-18)20-8/h1-3,8-9H,4-7,17H2. The fraction of sp³-hybridized carbons (Fsp3) is 0.400. The Morgan fingerprint density at radius 2 is 2.05 bits per heavy atom. The molecule has 2 fully saturated rings. The summed E-state index contributed by atoms with van der Waals surface area (Å²) in [7, 11) is 0. The van der Waals surface area contributed by atoms with Crippen LogP contribution in [-0.4, -0.2) is 36.1 Å². The van der Waals surface area contributed by atoms with E-state index in [1.807, 2.05) is 17.0 Å². The number of likely N-dealkylation sites (tertiary alicyclic amines) is 1. The van der Waals surface area contributed by atoms with E-state index in [1.165, 1.54) is 11.3 Å². The number of morpholine rings is 1. The summed E-state index contributed by atoms with van der Waals surface area (Å²) >= 11 is 7.63. The van der Waals surface area contributed by atoms with E-state index in [2.05, 4.69) is 0 Å². The zero-order valence-corrected chi connectivity index (χ0v) is 12.9. The van der Waals surface area contributed by atoms with Crippen molar-refractivity contribution in [1.29, 1.82) is 0 Å². The van der Waals surface area contributed by atoms with Gasteiger partial charge in [0.1, 0.15) is 4.88 Å². The van der Waals surface area contributed by atoms with Crippen molar-refractivity contribution in [3.63, 3.8) is 0 Å². The first-order chi connectivity index (χ1) is 10.1. The van der Waals surface area contributed by atoms with Gasteiger partial charge in [0.2, 0.25) is 0 Å². The zero-order chi connectivity index (χ0) is 14.6. The van der Waals surface area contributed by atoms with Crippen LogP contribution in [0.2, 0.25) is 5.02 Å². The molecule has 3 heterocycles. The van der Waals surface area contributed by atoms with Crippen molar-refractivity contribution in [2.24, 2.45) is 0 Å². The molecule has 2 unspecified atom stereocenters. The first-order valence-corrected chi connectivity index (χ1v) is 8.24. The molecule has 2 aliphatic rings. The third kappa shape index (κ3) is 2.11. The van der Waals surface area contributed by atoms with Crippen LogP contribution in [0.1, 0.15) is 22.5 Å². The molecule has 0 aliphatic carbocycles. The van der Waals surface area contributed by atoms with Crippen molar-refractivity contribution < 1.29 is 9.53 Å². The van der Waals surface area contributed by atoms with Gasteiger partial charge in [-0.2, -0.15) is 0 Å². The van der Waals surface area contributed by atoms with Crippen molar-refractivity contribution in [2.45, 2.75) is 25.0 Å². The van der Waals surface area contributed by atoms with Crippen LogP contribution in [0.15, 0.2) is 18.2 Å². The Bertz CT molecular complexity index is 718. The third-order valence-corrected chi connectivity index (χ3v) is 5.70.